The molecule has 0 fully saturated rings. The lowest BCUT2D eigenvalue weighted by Gasteiger charge is -2.24. The van der Waals surface area contributed by atoms with Crippen LogP contribution in [0.2, 0.25) is 0 Å². The summed E-state index contributed by atoms with van der Waals surface area (Å²) >= 11 is 0. The van der Waals surface area contributed by atoms with Gasteiger partial charge in [0.25, 0.3) is 5.56 Å². The number of carboxylic acids is 1. The summed E-state index contributed by atoms with van der Waals surface area (Å²) in [5.41, 5.74) is 5.72. The largest absolute Gasteiger partial charge is 0.506 e. The summed E-state index contributed by atoms with van der Waals surface area (Å²) in [5, 5.41) is 19.6. The Kier molecular flexibility index (Phi) is 4.15. The molecule has 2 heterocycles. The van der Waals surface area contributed by atoms with Gasteiger partial charge in [-0.1, -0.05) is 19.1 Å². The van der Waals surface area contributed by atoms with Crippen LogP contribution in [0.5, 0.6) is 5.75 Å². The molecular weight excluding hydrogens is 344 g/mol. The molecule has 1 aromatic carbocycles. The molecule has 1 aliphatic carbocycles. The number of nitrogens with zero attached hydrogens (tertiary/aromatic N) is 1. The molecule has 3 N–H and O–H groups in total. The van der Waals surface area contributed by atoms with E-state index >= 15 is 0 Å². The van der Waals surface area contributed by atoms with Gasteiger partial charge < -0.3 is 20.1 Å². The summed E-state index contributed by atoms with van der Waals surface area (Å²) in [6, 6.07) is 6.08. The summed E-state index contributed by atoms with van der Waals surface area (Å²) in [7, 11) is 2.13. The highest BCUT2D eigenvalue weighted by molar-refractivity contribution is 5.92. The van der Waals surface area contributed by atoms with Gasteiger partial charge in [0.1, 0.15) is 5.75 Å². The molecule has 140 valence electrons. The predicted octanol–water partition coefficient (Wildman–Crippen LogP) is 2.65. The summed E-state index contributed by atoms with van der Waals surface area (Å²) in [5.74, 6) is -1.87. The Morgan fingerprint density at radius 2 is 2.11 bits per heavy atom. The molecular formula is C21H22N2O4. The Morgan fingerprint density at radius 3 is 2.81 bits per heavy atom. The summed E-state index contributed by atoms with van der Waals surface area (Å²) < 4.78 is 0. The molecule has 0 bridgehead atoms. The van der Waals surface area contributed by atoms with Crippen molar-refractivity contribution >= 4 is 11.5 Å². The minimum Gasteiger partial charge on any atom is -0.506 e. The van der Waals surface area contributed by atoms with E-state index in [1.165, 1.54) is 22.3 Å². The normalized spacial score (nSPS) is 16.4. The summed E-state index contributed by atoms with van der Waals surface area (Å²) in [4.78, 5) is 28.5. The number of hydrogen-bond donors (Lipinski definition) is 3. The monoisotopic (exact) mass is 366 g/mol. The molecule has 0 radical (unpaired) electrons. The third kappa shape index (κ3) is 2.77. The highest BCUT2D eigenvalue weighted by Gasteiger charge is 2.27. The van der Waals surface area contributed by atoms with Crippen molar-refractivity contribution in [3.8, 4) is 17.0 Å². The maximum absolute atomic E-state index is 12.2. The quantitative estimate of drug-likeness (QED) is 0.776. The third-order valence-corrected chi connectivity index (χ3v) is 5.61. The standard InChI is InChI=1S/C21H22N2O4/c1-3-14-18(22-20(25)17(19(14)24)21(26)27)11-4-5-15-12(8-11)9-13-10-23(2)7-6-16(13)15/h4-5,8H,3,6-7,9-10H2,1-2H3,(H,26,27)(H2,22,24,25). The van der Waals surface area contributed by atoms with E-state index in [1.807, 2.05) is 13.0 Å². The number of fused-ring (bicyclic) bond motifs is 2. The zero-order valence-corrected chi connectivity index (χ0v) is 15.4. The van der Waals surface area contributed by atoms with Crippen molar-refractivity contribution in [1.29, 1.82) is 0 Å². The summed E-state index contributed by atoms with van der Waals surface area (Å²) in [6.07, 6.45) is 2.35. The first-order valence-corrected chi connectivity index (χ1v) is 9.15. The minimum absolute atomic E-state index is 0.412. The predicted molar refractivity (Wildman–Crippen MR) is 103 cm³/mol. The maximum Gasteiger partial charge on any atom is 0.345 e. The topological polar surface area (TPSA) is 93.6 Å². The zero-order valence-electron chi connectivity index (χ0n) is 15.4. The van der Waals surface area contributed by atoms with E-state index in [2.05, 4.69) is 29.1 Å². The molecule has 2 aliphatic rings. The highest BCUT2D eigenvalue weighted by atomic mass is 16.4. The number of carboxylic acid groups (broad SMARTS) is 1. The molecule has 4 rings (SSSR count). The number of benzene rings is 1. The van der Waals surface area contributed by atoms with Crippen LogP contribution in [-0.4, -0.2) is 46.2 Å². The number of aromatic hydroxyl groups is 1. The van der Waals surface area contributed by atoms with Crippen LogP contribution >= 0.6 is 0 Å². The molecule has 6 nitrogen and oxygen atoms in total. The highest BCUT2D eigenvalue weighted by Crippen LogP contribution is 2.40. The first kappa shape index (κ1) is 17.5. The first-order chi connectivity index (χ1) is 12.9. The molecule has 6 heteroatoms. The van der Waals surface area contributed by atoms with Gasteiger partial charge in [0, 0.05) is 18.7 Å². The van der Waals surface area contributed by atoms with Crippen molar-refractivity contribution in [3.63, 3.8) is 0 Å². The molecule has 1 aliphatic heterocycles. The Balaban J connectivity index is 1.81. The van der Waals surface area contributed by atoms with Crippen molar-refractivity contribution in [2.75, 3.05) is 20.1 Å². The van der Waals surface area contributed by atoms with Crippen molar-refractivity contribution in [3.05, 3.63) is 56.4 Å². The van der Waals surface area contributed by atoms with Crippen molar-refractivity contribution in [2.45, 2.75) is 26.2 Å². The van der Waals surface area contributed by atoms with Crippen molar-refractivity contribution in [1.82, 2.24) is 9.88 Å². The lowest BCUT2D eigenvalue weighted by Crippen LogP contribution is -2.26. The van der Waals surface area contributed by atoms with E-state index < -0.39 is 22.8 Å². The van der Waals surface area contributed by atoms with Gasteiger partial charge in [0.2, 0.25) is 0 Å². The SMILES string of the molecule is CCc1c(-c2ccc3c(c2)CC2=C3CCN(C)C2)[nH]c(=O)c(C(=O)O)c1O. The fraction of sp³-hybridized carbons (Fsp3) is 0.333. The van der Waals surface area contributed by atoms with Crippen molar-refractivity contribution < 1.29 is 15.0 Å². The second-order valence-corrected chi connectivity index (χ2v) is 7.31. The fourth-order valence-electron chi connectivity index (χ4n) is 4.30. The van der Waals surface area contributed by atoms with Crippen LogP contribution in [0.4, 0.5) is 0 Å². The van der Waals surface area contributed by atoms with Gasteiger partial charge in [-0.25, -0.2) is 4.79 Å². The fourth-order valence-corrected chi connectivity index (χ4v) is 4.30. The molecule has 0 spiro atoms. The van der Waals surface area contributed by atoms with E-state index in [9.17, 15) is 19.8 Å². The third-order valence-electron chi connectivity index (χ3n) is 5.61. The number of rotatable bonds is 3. The number of likely N-dealkylation sites (N-methyl/N-ethyl adjacent to an activating group) is 1. The maximum atomic E-state index is 12.2. The number of pyridine rings is 1. The molecule has 0 atom stereocenters. The van der Waals surface area contributed by atoms with Crippen LogP contribution in [0.3, 0.4) is 0 Å². The molecule has 1 aromatic heterocycles. The molecule has 0 saturated carbocycles. The minimum atomic E-state index is -1.43. The van der Waals surface area contributed by atoms with Gasteiger partial charge in [0.15, 0.2) is 5.56 Å². The molecule has 2 aromatic rings. The van der Waals surface area contributed by atoms with Gasteiger partial charge in [-0.05, 0) is 60.2 Å². The van der Waals surface area contributed by atoms with Crippen molar-refractivity contribution in [2.24, 2.45) is 0 Å². The number of nitrogens with one attached hydrogen (secondary N) is 1. The van der Waals surface area contributed by atoms with Gasteiger partial charge >= 0.3 is 5.97 Å². The zero-order chi connectivity index (χ0) is 19.3. The molecule has 0 saturated heterocycles. The first-order valence-electron chi connectivity index (χ1n) is 9.15. The van der Waals surface area contributed by atoms with E-state index in [4.69, 9.17) is 0 Å². The lowest BCUT2D eigenvalue weighted by molar-refractivity contribution is 0.0691. The van der Waals surface area contributed by atoms with Crippen LogP contribution in [0, 0.1) is 0 Å². The smallest absolute Gasteiger partial charge is 0.345 e. The Morgan fingerprint density at radius 1 is 1.33 bits per heavy atom. The van der Waals surface area contributed by atoms with Gasteiger partial charge in [-0.2, -0.15) is 0 Å². The number of H-pyrrole nitrogens is 1. The van der Waals surface area contributed by atoms with E-state index in [1.54, 1.807) is 0 Å². The summed E-state index contributed by atoms with van der Waals surface area (Å²) in [6.45, 7) is 3.86. The van der Waals surface area contributed by atoms with Gasteiger partial charge in [-0.3, -0.25) is 4.79 Å². The second-order valence-electron chi connectivity index (χ2n) is 7.31. The Labute approximate surface area is 156 Å². The van der Waals surface area contributed by atoms with E-state index in [-0.39, 0.29) is 0 Å². The van der Waals surface area contributed by atoms with Crippen LogP contribution < -0.4 is 5.56 Å². The Hall–Kier alpha value is -2.86. The number of aromatic carboxylic acids is 1. The van der Waals surface area contributed by atoms with Gasteiger partial charge in [-0.15, -0.1) is 0 Å². The average Bonchev–Trinajstić information content (AvgIpc) is 2.97. The number of aromatic amines is 1. The molecule has 27 heavy (non-hydrogen) atoms. The second kappa shape index (κ2) is 6.39. The lowest BCUT2D eigenvalue weighted by atomic mass is 9.95. The van der Waals surface area contributed by atoms with Crippen LogP contribution in [0.15, 0.2) is 28.6 Å². The van der Waals surface area contributed by atoms with Crippen LogP contribution in [-0.2, 0) is 12.8 Å². The van der Waals surface area contributed by atoms with E-state index in [0.717, 1.165) is 31.5 Å². The number of hydrogen-bond acceptors (Lipinski definition) is 4. The number of carbonyl (C=O) groups is 1. The average molecular weight is 366 g/mol. The Bertz CT molecular complexity index is 1050. The van der Waals surface area contributed by atoms with Crippen LogP contribution in [0.1, 0.15) is 40.4 Å². The van der Waals surface area contributed by atoms with Crippen LogP contribution in [0.25, 0.3) is 16.8 Å². The van der Waals surface area contributed by atoms with Gasteiger partial charge in [0.05, 0.1) is 5.69 Å². The number of aromatic nitrogens is 1. The molecule has 0 amide bonds. The van der Waals surface area contributed by atoms with E-state index in [0.29, 0.717) is 17.7 Å². The molecule has 0 unspecified atom stereocenters.